The number of ether oxygens (including phenoxy) is 1. The molecule has 0 aromatic carbocycles. The Kier molecular flexibility index (Phi) is 6.03. The van der Waals surface area contributed by atoms with Gasteiger partial charge in [0, 0.05) is 39.3 Å². The van der Waals surface area contributed by atoms with Crippen molar-refractivity contribution < 1.29 is 14.6 Å². The first-order valence-electron chi connectivity index (χ1n) is 9.87. The van der Waals surface area contributed by atoms with Crippen LogP contribution >= 0.6 is 0 Å². The zero-order valence-electron chi connectivity index (χ0n) is 16.1. The molecule has 0 spiro atoms. The standard InChI is InChI=1S/C19H35N3O3/c1-19(2,24)14-21-9-11-22(12-10-21)18(23)16-6-13-25-17(16)15-4-7-20(3)8-5-15/h15-17,24H,4-14H2,1-3H3/t16-,17+/m0/s1. The molecule has 3 heterocycles. The van der Waals surface area contributed by atoms with Gasteiger partial charge in [0.1, 0.15) is 0 Å². The Balaban J connectivity index is 1.52. The number of hydrogen-bond donors (Lipinski definition) is 1. The fraction of sp³-hybridized carbons (Fsp3) is 0.947. The first-order chi connectivity index (χ1) is 11.8. The third-order valence-electron chi connectivity index (χ3n) is 5.98. The van der Waals surface area contributed by atoms with Crippen LogP contribution in [-0.2, 0) is 9.53 Å². The van der Waals surface area contributed by atoms with E-state index in [0.29, 0.717) is 18.4 Å². The van der Waals surface area contributed by atoms with Crippen LogP contribution in [-0.4, -0.2) is 96.9 Å². The molecule has 0 bridgehead atoms. The van der Waals surface area contributed by atoms with E-state index in [2.05, 4.69) is 16.8 Å². The second-order valence-corrected chi connectivity index (χ2v) is 8.79. The first-order valence-corrected chi connectivity index (χ1v) is 9.87. The van der Waals surface area contributed by atoms with Crippen molar-refractivity contribution in [2.75, 3.05) is 59.5 Å². The monoisotopic (exact) mass is 353 g/mol. The van der Waals surface area contributed by atoms with Crippen molar-refractivity contribution in [3.05, 3.63) is 0 Å². The lowest BCUT2D eigenvalue weighted by Crippen LogP contribution is -2.54. The summed E-state index contributed by atoms with van der Waals surface area (Å²) in [5.41, 5.74) is -0.676. The highest BCUT2D eigenvalue weighted by Crippen LogP contribution is 2.34. The lowest BCUT2D eigenvalue weighted by atomic mass is 9.83. The summed E-state index contributed by atoms with van der Waals surface area (Å²) in [5, 5.41) is 9.97. The number of hydrogen-bond acceptors (Lipinski definition) is 5. The van der Waals surface area contributed by atoms with Crippen LogP contribution in [0.1, 0.15) is 33.1 Å². The highest BCUT2D eigenvalue weighted by molar-refractivity contribution is 5.80. The summed E-state index contributed by atoms with van der Waals surface area (Å²) in [4.78, 5) is 19.7. The molecular formula is C19H35N3O3. The van der Waals surface area contributed by atoms with Gasteiger partial charge in [0.05, 0.1) is 17.6 Å². The van der Waals surface area contributed by atoms with Gasteiger partial charge in [-0.15, -0.1) is 0 Å². The summed E-state index contributed by atoms with van der Waals surface area (Å²) in [7, 11) is 2.17. The summed E-state index contributed by atoms with van der Waals surface area (Å²) in [6.07, 6.45) is 3.28. The number of rotatable bonds is 4. The average Bonchev–Trinajstić information content (AvgIpc) is 3.04. The Morgan fingerprint density at radius 3 is 2.32 bits per heavy atom. The summed E-state index contributed by atoms with van der Waals surface area (Å²) >= 11 is 0. The Bertz CT molecular complexity index is 449. The van der Waals surface area contributed by atoms with Crippen LogP contribution in [0.15, 0.2) is 0 Å². The van der Waals surface area contributed by atoms with Crippen molar-refractivity contribution in [3.8, 4) is 0 Å². The maximum absolute atomic E-state index is 13.1. The van der Waals surface area contributed by atoms with Gasteiger partial charge in [-0.25, -0.2) is 0 Å². The van der Waals surface area contributed by atoms with Gasteiger partial charge in [0.15, 0.2) is 0 Å². The van der Waals surface area contributed by atoms with Crippen molar-refractivity contribution in [1.29, 1.82) is 0 Å². The number of aliphatic hydroxyl groups is 1. The van der Waals surface area contributed by atoms with E-state index < -0.39 is 5.60 Å². The molecular weight excluding hydrogens is 318 g/mol. The lowest BCUT2D eigenvalue weighted by Gasteiger charge is -2.39. The number of β-amino-alcohol motifs (C(OH)–C–C–N with tert-alkyl or cyclic N) is 1. The SMILES string of the molecule is CN1CCC([C@H]2OCC[C@@H]2C(=O)N2CCN(CC(C)(C)O)CC2)CC1. The van der Waals surface area contributed by atoms with Gasteiger partial charge in [-0.05, 0) is 59.2 Å². The van der Waals surface area contributed by atoms with Crippen molar-refractivity contribution in [2.45, 2.75) is 44.8 Å². The Morgan fingerprint density at radius 1 is 1.08 bits per heavy atom. The molecule has 0 aromatic rings. The molecule has 144 valence electrons. The molecule has 3 aliphatic rings. The fourth-order valence-electron chi connectivity index (χ4n) is 4.61. The summed E-state index contributed by atoms with van der Waals surface area (Å²) in [5.74, 6) is 0.878. The number of piperazine rings is 1. The van der Waals surface area contributed by atoms with Gasteiger partial charge in [0.2, 0.25) is 5.91 Å². The number of nitrogens with zero attached hydrogens (tertiary/aromatic N) is 3. The molecule has 6 nitrogen and oxygen atoms in total. The molecule has 3 fully saturated rings. The van der Waals surface area contributed by atoms with Gasteiger partial charge >= 0.3 is 0 Å². The summed E-state index contributed by atoms with van der Waals surface area (Å²) in [6, 6.07) is 0. The predicted molar refractivity (Wildman–Crippen MR) is 97.4 cm³/mol. The van der Waals surface area contributed by atoms with E-state index in [-0.39, 0.29) is 12.0 Å². The molecule has 3 saturated heterocycles. The molecule has 0 aliphatic carbocycles. The van der Waals surface area contributed by atoms with Crippen LogP contribution in [0.3, 0.4) is 0 Å². The Morgan fingerprint density at radius 2 is 1.72 bits per heavy atom. The maximum Gasteiger partial charge on any atom is 0.228 e. The van der Waals surface area contributed by atoms with E-state index in [4.69, 9.17) is 4.74 Å². The third kappa shape index (κ3) is 4.94. The molecule has 1 amide bonds. The van der Waals surface area contributed by atoms with Crippen molar-refractivity contribution >= 4 is 5.91 Å². The average molecular weight is 354 g/mol. The van der Waals surface area contributed by atoms with Crippen molar-refractivity contribution in [2.24, 2.45) is 11.8 Å². The molecule has 0 unspecified atom stereocenters. The molecule has 0 saturated carbocycles. The normalized spacial score (nSPS) is 30.8. The minimum absolute atomic E-state index is 0.0502. The number of carbonyl (C=O) groups is 1. The molecule has 0 radical (unpaired) electrons. The largest absolute Gasteiger partial charge is 0.389 e. The van der Waals surface area contributed by atoms with Crippen molar-refractivity contribution in [3.63, 3.8) is 0 Å². The van der Waals surface area contributed by atoms with Gasteiger partial charge in [-0.1, -0.05) is 0 Å². The maximum atomic E-state index is 13.1. The van der Waals surface area contributed by atoms with Gasteiger partial charge in [-0.3, -0.25) is 9.69 Å². The van der Waals surface area contributed by atoms with Crippen molar-refractivity contribution in [1.82, 2.24) is 14.7 Å². The van der Waals surface area contributed by atoms with E-state index in [1.807, 2.05) is 18.7 Å². The molecule has 3 aliphatic heterocycles. The van der Waals surface area contributed by atoms with E-state index in [1.54, 1.807) is 0 Å². The lowest BCUT2D eigenvalue weighted by molar-refractivity contribution is -0.140. The minimum Gasteiger partial charge on any atom is -0.389 e. The predicted octanol–water partition coefficient (Wildman–Crippen LogP) is 0.648. The third-order valence-corrected chi connectivity index (χ3v) is 5.98. The van der Waals surface area contributed by atoms with Crippen LogP contribution < -0.4 is 0 Å². The zero-order valence-corrected chi connectivity index (χ0v) is 16.1. The fourth-order valence-corrected chi connectivity index (χ4v) is 4.61. The number of piperidine rings is 1. The van der Waals surface area contributed by atoms with Crippen LogP contribution in [0.25, 0.3) is 0 Å². The first kappa shape index (κ1) is 19.1. The highest BCUT2D eigenvalue weighted by atomic mass is 16.5. The Hall–Kier alpha value is -0.690. The highest BCUT2D eigenvalue weighted by Gasteiger charge is 2.42. The molecule has 2 atom stereocenters. The Labute approximate surface area is 152 Å². The van der Waals surface area contributed by atoms with Crippen LogP contribution in [0.5, 0.6) is 0 Å². The van der Waals surface area contributed by atoms with E-state index in [9.17, 15) is 9.90 Å². The van der Waals surface area contributed by atoms with Gasteiger partial charge in [-0.2, -0.15) is 0 Å². The van der Waals surface area contributed by atoms with Crippen LogP contribution in [0.4, 0.5) is 0 Å². The molecule has 0 aromatic heterocycles. The topological polar surface area (TPSA) is 56.2 Å². The zero-order chi connectivity index (χ0) is 18.0. The van der Waals surface area contributed by atoms with Crippen LogP contribution in [0.2, 0.25) is 0 Å². The molecule has 25 heavy (non-hydrogen) atoms. The second kappa shape index (κ2) is 7.91. The van der Waals surface area contributed by atoms with Gasteiger partial charge < -0.3 is 19.6 Å². The second-order valence-electron chi connectivity index (χ2n) is 8.79. The number of likely N-dealkylation sites (tertiary alicyclic amines) is 1. The summed E-state index contributed by atoms with van der Waals surface area (Å²) in [6.45, 7) is 10.5. The van der Waals surface area contributed by atoms with Gasteiger partial charge in [0.25, 0.3) is 0 Å². The smallest absolute Gasteiger partial charge is 0.228 e. The number of carbonyl (C=O) groups excluding carboxylic acids is 1. The van der Waals surface area contributed by atoms with E-state index in [0.717, 1.165) is 65.1 Å². The molecule has 1 N–H and O–H groups in total. The molecule has 6 heteroatoms. The van der Waals surface area contributed by atoms with E-state index in [1.165, 1.54) is 0 Å². The quantitative estimate of drug-likeness (QED) is 0.804. The van der Waals surface area contributed by atoms with E-state index >= 15 is 0 Å². The summed E-state index contributed by atoms with van der Waals surface area (Å²) < 4.78 is 6.03. The molecule has 3 rings (SSSR count). The minimum atomic E-state index is -0.676. The van der Waals surface area contributed by atoms with Crippen LogP contribution in [0, 0.1) is 11.8 Å². The number of amides is 1.